The lowest BCUT2D eigenvalue weighted by atomic mass is 10.3. The molecule has 0 amide bonds. The number of hydrogen-bond donors (Lipinski definition) is 1. The Morgan fingerprint density at radius 1 is 1.40 bits per heavy atom. The van der Waals surface area contributed by atoms with Gasteiger partial charge < -0.3 is 4.74 Å². The minimum absolute atomic E-state index is 0.232. The highest BCUT2D eigenvalue weighted by atomic mass is 32.2. The molecule has 0 atom stereocenters. The van der Waals surface area contributed by atoms with E-state index >= 15 is 0 Å². The monoisotopic (exact) mass is 229 g/mol. The van der Waals surface area contributed by atoms with Crippen molar-refractivity contribution < 1.29 is 13.2 Å². The van der Waals surface area contributed by atoms with Crippen molar-refractivity contribution in [3.63, 3.8) is 0 Å². The maximum absolute atomic E-state index is 11.7. The fourth-order valence-corrected chi connectivity index (χ4v) is 2.26. The van der Waals surface area contributed by atoms with Crippen molar-refractivity contribution in [2.45, 2.75) is 18.2 Å². The van der Waals surface area contributed by atoms with E-state index in [-0.39, 0.29) is 4.90 Å². The van der Waals surface area contributed by atoms with Gasteiger partial charge >= 0.3 is 0 Å². The van der Waals surface area contributed by atoms with Crippen molar-refractivity contribution in [2.24, 2.45) is 0 Å². The van der Waals surface area contributed by atoms with Crippen molar-refractivity contribution in [2.75, 3.05) is 13.7 Å². The molecule has 5 heteroatoms. The first kappa shape index (κ1) is 12.0. The second-order valence-electron chi connectivity index (χ2n) is 3.08. The van der Waals surface area contributed by atoms with Gasteiger partial charge in [-0.1, -0.05) is 13.0 Å². The van der Waals surface area contributed by atoms with E-state index in [1.807, 2.05) is 6.92 Å². The summed E-state index contributed by atoms with van der Waals surface area (Å²) in [5, 5.41) is 0. The molecule has 0 aliphatic rings. The summed E-state index contributed by atoms with van der Waals surface area (Å²) in [5.41, 5.74) is 0. The number of sulfonamides is 1. The Hall–Kier alpha value is -1.07. The number of hydrogen-bond acceptors (Lipinski definition) is 3. The molecule has 0 radical (unpaired) electrons. The molecule has 0 saturated heterocycles. The quantitative estimate of drug-likeness (QED) is 0.830. The van der Waals surface area contributed by atoms with Gasteiger partial charge in [0.15, 0.2) is 0 Å². The molecular formula is C10H15NO3S. The van der Waals surface area contributed by atoms with Gasteiger partial charge in [-0.2, -0.15) is 0 Å². The van der Waals surface area contributed by atoms with Gasteiger partial charge in [0.1, 0.15) is 5.75 Å². The Labute approximate surface area is 90.3 Å². The normalized spacial score (nSPS) is 11.3. The molecule has 0 heterocycles. The Balaban J connectivity index is 2.94. The van der Waals surface area contributed by atoms with Crippen LogP contribution in [0.5, 0.6) is 5.75 Å². The summed E-state index contributed by atoms with van der Waals surface area (Å²) in [6, 6.07) is 6.40. The number of methoxy groups -OCH3 is 1. The van der Waals surface area contributed by atoms with Crippen molar-refractivity contribution in [1.29, 1.82) is 0 Å². The molecule has 0 aliphatic carbocycles. The third-order valence-electron chi connectivity index (χ3n) is 1.89. The molecule has 0 spiro atoms. The molecule has 1 rings (SSSR count). The average molecular weight is 229 g/mol. The minimum atomic E-state index is -3.39. The first-order valence-electron chi connectivity index (χ1n) is 4.74. The lowest BCUT2D eigenvalue weighted by Gasteiger charge is -2.06. The van der Waals surface area contributed by atoms with E-state index < -0.39 is 10.0 Å². The second-order valence-corrected chi connectivity index (χ2v) is 4.84. The van der Waals surface area contributed by atoms with Crippen LogP contribution in [0.3, 0.4) is 0 Å². The van der Waals surface area contributed by atoms with E-state index in [9.17, 15) is 8.42 Å². The first-order valence-corrected chi connectivity index (χ1v) is 6.22. The highest BCUT2D eigenvalue weighted by Gasteiger charge is 2.13. The predicted molar refractivity (Wildman–Crippen MR) is 58.5 cm³/mol. The summed E-state index contributed by atoms with van der Waals surface area (Å²) in [5.74, 6) is 0.536. The van der Waals surface area contributed by atoms with Crippen LogP contribution >= 0.6 is 0 Å². The number of ether oxygens (including phenoxy) is 1. The summed E-state index contributed by atoms with van der Waals surface area (Å²) in [6.45, 7) is 2.35. The summed E-state index contributed by atoms with van der Waals surface area (Å²) >= 11 is 0. The number of nitrogens with one attached hydrogen (secondary N) is 1. The number of benzene rings is 1. The standard InChI is InChI=1S/C10H15NO3S/c1-3-7-11-15(12,13)10-6-4-5-9(8-10)14-2/h4-6,8,11H,3,7H2,1-2H3. The van der Waals surface area contributed by atoms with Crippen LogP contribution in [0.2, 0.25) is 0 Å². The molecule has 0 unspecified atom stereocenters. The van der Waals surface area contributed by atoms with Gasteiger partial charge in [0, 0.05) is 12.6 Å². The van der Waals surface area contributed by atoms with Crippen LogP contribution in [0.15, 0.2) is 29.2 Å². The fraction of sp³-hybridized carbons (Fsp3) is 0.400. The first-order chi connectivity index (χ1) is 7.10. The minimum Gasteiger partial charge on any atom is -0.497 e. The molecule has 0 aromatic heterocycles. The average Bonchev–Trinajstić information content (AvgIpc) is 2.26. The summed E-state index contributed by atoms with van der Waals surface area (Å²) < 4.78 is 30.8. The van der Waals surface area contributed by atoms with Crippen molar-refractivity contribution in [3.8, 4) is 5.75 Å². The van der Waals surface area contributed by atoms with Gasteiger partial charge in [-0.3, -0.25) is 0 Å². The largest absolute Gasteiger partial charge is 0.497 e. The lowest BCUT2D eigenvalue weighted by molar-refractivity contribution is 0.413. The SMILES string of the molecule is CCCNS(=O)(=O)c1cccc(OC)c1. The number of rotatable bonds is 5. The van der Waals surface area contributed by atoms with E-state index in [1.165, 1.54) is 13.2 Å². The van der Waals surface area contributed by atoms with Crippen LogP contribution in [-0.4, -0.2) is 22.1 Å². The van der Waals surface area contributed by atoms with E-state index in [0.29, 0.717) is 12.3 Å². The molecule has 1 N–H and O–H groups in total. The van der Waals surface area contributed by atoms with E-state index in [2.05, 4.69) is 4.72 Å². The van der Waals surface area contributed by atoms with Crippen LogP contribution in [0.1, 0.15) is 13.3 Å². The summed E-state index contributed by atoms with van der Waals surface area (Å²) in [4.78, 5) is 0.232. The van der Waals surface area contributed by atoms with Crippen molar-refractivity contribution in [1.82, 2.24) is 4.72 Å². The summed E-state index contributed by atoms with van der Waals surface area (Å²) in [6.07, 6.45) is 0.767. The Kier molecular flexibility index (Phi) is 4.11. The van der Waals surface area contributed by atoms with Gasteiger partial charge in [0.05, 0.1) is 12.0 Å². The zero-order valence-corrected chi connectivity index (χ0v) is 9.67. The molecule has 84 valence electrons. The molecule has 0 saturated carbocycles. The maximum atomic E-state index is 11.7. The fourth-order valence-electron chi connectivity index (χ4n) is 1.09. The van der Waals surface area contributed by atoms with Crippen LogP contribution < -0.4 is 9.46 Å². The molecule has 15 heavy (non-hydrogen) atoms. The molecule has 1 aromatic rings. The Morgan fingerprint density at radius 2 is 2.13 bits per heavy atom. The van der Waals surface area contributed by atoms with Crippen LogP contribution in [0.25, 0.3) is 0 Å². The van der Waals surface area contributed by atoms with Crippen molar-refractivity contribution >= 4 is 10.0 Å². The zero-order chi connectivity index (χ0) is 11.3. The second kappa shape index (κ2) is 5.14. The van der Waals surface area contributed by atoms with Crippen LogP contribution in [0, 0.1) is 0 Å². The highest BCUT2D eigenvalue weighted by Crippen LogP contribution is 2.16. The van der Waals surface area contributed by atoms with Crippen LogP contribution in [0.4, 0.5) is 0 Å². The maximum Gasteiger partial charge on any atom is 0.240 e. The molecule has 4 nitrogen and oxygen atoms in total. The van der Waals surface area contributed by atoms with E-state index in [0.717, 1.165) is 6.42 Å². The topological polar surface area (TPSA) is 55.4 Å². The van der Waals surface area contributed by atoms with Gasteiger partial charge in [0.25, 0.3) is 0 Å². The van der Waals surface area contributed by atoms with Crippen LogP contribution in [-0.2, 0) is 10.0 Å². The van der Waals surface area contributed by atoms with Gasteiger partial charge in [-0.05, 0) is 18.6 Å². The van der Waals surface area contributed by atoms with Gasteiger partial charge in [-0.25, -0.2) is 13.1 Å². The molecule has 0 aliphatic heterocycles. The lowest BCUT2D eigenvalue weighted by Crippen LogP contribution is -2.24. The smallest absolute Gasteiger partial charge is 0.240 e. The molecule has 0 fully saturated rings. The summed E-state index contributed by atoms with van der Waals surface area (Å²) in [7, 11) is -1.88. The third kappa shape index (κ3) is 3.21. The van der Waals surface area contributed by atoms with Gasteiger partial charge in [-0.15, -0.1) is 0 Å². The highest BCUT2D eigenvalue weighted by molar-refractivity contribution is 7.89. The Bertz CT molecular complexity index is 414. The molecule has 1 aromatic carbocycles. The Morgan fingerprint density at radius 3 is 2.73 bits per heavy atom. The molecular weight excluding hydrogens is 214 g/mol. The molecule has 0 bridgehead atoms. The predicted octanol–water partition coefficient (Wildman–Crippen LogP) is 1.38. The third-order valence-corrected chi connectivity index (χ3v) is 3.35. The van der Waals surface area contributed by atoms with E-state index in [1.54, 1.807) is 18.2 Å². The van der Waals surface area contributed by atoms with E-state index in [4.69, 9.17) is 4.74 Å². The zero-order valence-electron chi connectivity index (χ0n) is 8.86. The van der Waals surface area contributed by atoms with Gasteiger partial charge in [0.2, 0.25) is 10.0 Å². The van der Waals surface area contributed by atoms with Crippen molar-refractivity contribution in [3.05, 3.63) is 24.3 Å².